The summed E-state index contributed by atoms with van der Waals surface area (Å²) < 4.78 is 34.3. The zero-order valence-corrected chi connectivity index (χ0v) is 53.8. The van der Waals surface area contributed by atoms with Crippen LogP contribution in [0.1, 0.15) is 258 Å². The fraction of sp³-hybridized carbons (Fsp3) is 0.897. The second kappa shape index (κ2) is 50.6. The standard InChI is InChI=1S/C68H125NO18/c1-3-5-7-9-11-13-15-17-19-21-22-23-24-25-26-27-28-30-31-33-35-37-39-41-43-45-52(73)51(69-56(74)46-44-42-40-38-36-34-32-29-20-18-16-14-12-10-8-6-4-2)50-82-66-62(80)59(77)64(54(48-71)84-66)87-68-63(81)60(78)65(55(49-72)85-68)86-67-61(79)58(76)57(75)53(47-70)83-67/h28,30,35,37,43,45,51-55,57-68,70-73,75-81H,3-27,29,31-34,36,38-42,44,46-50H2,1-2H3,(H,69,74)/b30-28+,37-35+,45-43+. The third kappa shape index (κ3) is 32.9. The Morgan fingerprint density at radius 3 is 1.15 bits per heavy atom. The molecule has 3 aliphatic heterocycles. The Kier molecular flexibility index (Phi) is 46.0. The number of hydrogen-bond acceptors (Lipinski definition) is 18. The maximum Gasteiger partial charge on any atom is 0.220 e. The molecule has 0 spiro atoms. The normalized spacial score (nSPS) is 28.8. The van der Waals surface area contributed by atoms with Gasteiger partial charge in [0.2, 0.25) is 5.91 Å². The number of rotatable bonds is 53. The molecule has 0 aromatic carbocycles. The van der Waals surface area contributed by atoms with E-state index in [1.54, 1.807) is 6.08 Å². The Morgan fingerprint density at radius 1 is 0.402 bits per heavy atom. The van der Waals surface area contributed by atoms with Crippen molar-refractivity contribution in [3.8, 4) is 0 Å². The summed E-state index contributed by atoms with van der Waals surface area (Å²) in [6.07, 6.45) is 31.3. The van der Waals surface area contributed by atoms with Crippen LogP contribution in [0.15, 0.2) is 36.5 Å². The van der Waals surface area contributed by atoms with Crippen LogP contribution in [0, 0.1) is 0 Å². The summed E-state index contributed by atoms with van der Waals surface area (Å²) >= 11 is 0. The first-order valence-corrected chi connectivity index (χ1v) is 34.7. The molecule has 0 aliphatic carbocycles. The Bertz CT molecular complexity index is 1720. The zero-order valence-electron chi connectivity index (χ0n) is 53.8. The number of carbonyl (C=O) groups is 1. The summed E-state index contributed by atoms with van der Waals surface area (Å²) in [6, 6.07) is -0.994. The summed E-state index contributed by atoms with van der Waals surface area (Å²) in [5.74, 6) is -0.286. The fourth-order valence-electron chi connectivity index (χ4n) is 11.8. The molecule has 0 aromatic rings. The summed E-state index contributed by atoms with van der Waals surface area (Å²) in [5.41, 5.74) is 0. The highest BCUT2D eigenvalue weighted by atomic mass is 16.8. The van der Waals surface area contributed by atoms with Crippen LogP contribution >= 0.6 is 0 Å². The molecule has 3 aliphatic rings. The average molecular weight is 1240 g/mol. The fourth-order valence-corrected chi connectivity index (χ4v) is 11.8. The van der Waals surface area contributed by atoms with Gasteiger partial charge in [0, 0.05) is 6.42 Å². The molecule has 12 N–H and O–H groups in total. The lowest BCUT2D eigenvalue weighted by Crippen LogP contribution is -2.66. The van der Waals surface area contributed by atoms with Gasteiger partial charge in [-0.3, -0.25) is 4.79 Å². The average Bonchev–Trinajstić information content (AvgIpc) is 1.13. The molecule has 87 heavy (non-hydrogen) atoms. The minimum atomic E-state index is -1.98. The van der Waals surface area contributed by atoms with E-state index in [9.17, 15) is 61.0 Å². The van der Waals surface area contributed by atoms with Gasteiger partial charge in [0.25, 0.3) is 0 Å². The highest BCUT2D eigenvalue weighted by Gasteiger charge is 2.53. The molecule has 17 atom stereocenters. The lowest BCUT2D eigenvalue weighted by atomic mass is 9.96. The van der Waals surface area contributed by atoms with Crippen LogP contribution in [0.4, 0.5) is 0 Å². The van der Waals surface area contributed by atoms with Crippen LogP contribution in [0.5, 0.6) is 0 Å². The van der Waals surface area contributed by atoms with E-state index in [0.717, 1.165) is 44.9 Å². The molecular formula is C68H125NO18. The van der Waals surface area contributed by atoms with Crippen molar-refractivity contribution in [1.29, 1.82) is 0 Å². The Balaban J connectivity index is 1.46. The third-order valence-electron chi connectivity index (χ3n) is 17.4. The molecule has 0 saturated carbocycles. The number of allylic oxidation sites excluding steroid dienone is 5. The smallest absolute Gasteiger partial charge is 0.220 e. The highest BCUT2D eigenvalue weighted by molar-refractivity contribution is 5.76. The van der Waals surface area contributed by atoms with E-state index in [1.807, 2.05) is 6.08 Å². The van der Waals surface area contributed by atoms with Crippen LogP contribution in [0.2, 0.25) is 0 Å². The molecule has 0 radical (unpaired) electrons. The van der Waals surface area contributed by atoms with Crippen molar-refractivity contribution in [2.24, 2.45) is 0 Å². The molecule has 19 heteroatoms. The molecule has 3 saturated heterocycles. The number of ether oxygens (including phenoxy) is 6. The van der Waals surface area contributed by atoms with Crippen LogP contribution < -0.4 is 5.32 Å². The monoisotopic (exact) mass is 1240 g/mol. The van der Waals surface area contributed by atoms with Gasteiger partial charge in [-0.05, 0) is 44.9 Å². The molecule has 510 valence electrons. The molecule has 17 unspecified atom stereocenters. The maximum atomic E-state index is 13.4. The van der Waals surface area contributed by atoms with Crippen molar-refractivity contribution in [3.05, 3.63) is 36.5 Å². The van der Waals surface area contributed by atoms with Gasteiger partial charge in [-0.1, -0.05) is 243 Å². The zero-order chi connectivity index (χ0) is 63.3. The second-order valence-electron chi connectivity index (χ2n) is 25.0. The van der Waals surface area contributed by atoms with E-state index < -0.39 is 124 Å². The SMILES string of the molecule is CCCCCCCCCCCCCCCCC/C=C/CC/C=C/CC/C=C/C(O)C(COC1OC(CO)C(OC2OC(CO)C(OC3OC(CO)C(O)C(O)C3O)C(O)C2O)C(O)C1O)NC(=O)CCCCCCCCCCCCCCCCCCC. The predicted octanol–water partition coefficient (Wildman–Crippen LogP) is 8.83. The molecular weight excluding hydrogens is 1120 g/mol. The summed E-state index contributed by atoms with van der Waals surface area (Å²) in [7, 11) is 0. The van der Waals surface area contributed by atoms with E-state index in [-0.39, 0.29) is 18.9 Å². The van der Waals surface area contributed by atoms with Crippen LogP contribution in [-0.4, -0.2) is 193 Å². The molecule has 3 heterocycles. The molecule has 1 amide bonds. The van der Waals surface area contributed by atoms with Gasteiger partial charge in [-0.25, -0.2) is 0 Å². The lowest BCUT2D eigenvalue weighted by molar-refractivity contribution is -0.379. The maximum absolute atomic E-state index is 13.4. The van der Waals surface area contributed by atoms with E-state index in [4.69, 9.17) is 28.4 Å². The third-order valence-corrected chi connectivity index (χ3v) is 17.4. The first-order valence-electron chi connectivity index (χ1n) is 34.7. The Labute approximate surface area is 523 Å². The van der Waals surface area contributed by atoms with Crippen LogP contribution in [-0.2, 0) is 33.2 Å². The number of nitrogens with one attached hydrogen (secondary N) is 1. The van der Waals surface area contributed by atoms with E-state index in [0.29, 0.717) is 12.8 Å². The first-order chi connectivity index (χ1) is 42.3. The number of aliphatic hydroxyl groups is 11. The molecule has 0 aromatic heterocycles. The number of unbranched alkanes of at least 4 members (excludes halogenated alkanes) is 33. The predicted molar refractivity (Wildman–Crippen MR) is 337 cm³/mol. The number of hydrogen-bond donors (Lipinski definition) is 12. The summed E-state index contributed by atoms with van der Waals surface area (Å²) in [5, 5.41) is 120. The van der Waals surface area contributed by atoms with Gasteiger partial charge < -0.3 is 89.9 Å². The van der Waals surface area contributed by atoms with Crippen molar-refractivity contribution in [1.82, 2.24) is 5.32 Å². The largest absolute Gasteiger partial charge is 0.394 e. The highest BCUT2D eigenvalue weighted by Crippen LogP contribution is 2.33. The summed E-state index contributed by atoms with van der Waals surface area (Å²) in [4.78, 5) is 13.4. The van der Waals surface area contributed by atoms with Gasteiger partial charge >= 0.3 is 0 Å². The second-order valence-corrected chi connectivity index (χ2v) is 25.0. The van der Waals surface area contributed by atoms with E-state index >= 15 is 0 Å². The van der Waals surface area contributed by atoms with E-state index in [1.165, 1.54) is 180 Å². The molecule has 19 nitrogen and oxygen atoms in total. The van der Waals surface area contributed by atoms with Crippen molar-refractivity contribution in [2.75, 3.05) is 26.4 Å². The minimum absolute atomic E-state index is 0.236. The van der Waals surface area contributed by atoms with Gasteiger partial charge in [0.05, 0.1) is 38.6 Å². The molecule has 3 fully saturated rings. The van der Waals surface area contributed by atoms with E-state index in [2.05, 4.69) is 43.5 Å². The minimum Gasteiger partial charge on any atom is -0.394 e. The molecule has 3 rings (SSSR count). The van der Waals surface area contributed by atoms with Crippen molar-refractivity contribution >= 4 is 5.91 Å². The van der Waals surface area contributed by atoms with Crippen LogP contribution in [0.25, 0.3) is 0 Å². The number of carbonyl (C=O) groups excluding carboxylic acids is 1. The quantitative estimate of drug-likeness (QED) is 0.0200. The van der Waals surface area contributed by atoms with Crippen molar-refractivity contribution < 1.29 is 89.4 Å². The number of amides is 1. The topological polar surface area (TPSA) is 307 Å². The Hall–Kier alpha value is -1.99. The first kappa shape index (κ1) is 79.2. The summed E-state index contributed by atoms with van der Waals surface area (Å²) in [6.45, 7) is 1.73. The van der Waals surface area contributed by atoms with Crippen LogP contribution in [0.3, 0.4) is 0 Å². The van der Waals surface area contributed by atoms with Gasteiger partial charge in [0.15, 0.2) is 18.9 Å². The number of aliphatic hydroxyl groups excluding tert-OH is 11. The Morgan fingerprint density at radius 2 is 0.736 bits per heavy atom. The van der Waals surface area contributed by atoms with Crippen molar-refractivity contribution in [2.45, 2.75) is 362 Å². The lowest BCUT2D eigenvalue weighted by Gasteiger charge is -2.48. The van der Waals surface area contributed by atoms with Gasteiger partial charge in [-0.15, -0.1) is 0 Å². The van der Waals surface area contributed by atoms with Gasteiger partial charge in [0.1, 0.15) is 73.2 Å². The van der Waals surface area contributed by atoms with Crippen molar-refractivity contribution in [3.63, 3.8) is 0 Å². The molecule has 0 bridgehead atoms. The van der Waals surface area contributed by atoms with Gasteiger partial charge in [-0.2, -0.15) is 0 Å².